The van der Waals surface area contributed by atoms with Crippen LogP contribution in [0.4, 0.5) is 0 Å². The molecule has 1 aliphatic rings. The van der Waals surface area contributed by atoms with Crippen molar-refractivity contribution in [3.8, 4) is 0 Å². The van der Waals surface area contributed by atoms with Gasteiger partial charge in [0.05, 0.1) is 11.4 Å². The van der Waals surface area contributed by atoms with Gasteiger partial charge in [0.1, 0.15) is 0 Å². The number of aliphatic imine (C=N–C) groups is 1. The minimum Gasteiger partial charge on any atom is -0.357 e. The standard InChI is InChI=1S/C20H34N4O2S.HI/c1-4-22-19(24-15-20(13-16(2)3)11-5-6-12-20)23-14-17-7-9-18(10-8-17)27(21,25)26;/h7-10,16H,4-6,11-15H2,1-3H3,(H2,21,25,26)(H2,22,23,24);1H. The summed E-state index contributed by atoms with van der Waals surface area (Å²) >= 11 is 0. The Hall–Kier alpha value is -0.870. The molecular formula is C20H35IN4O2S. The topological polar surface area (TPSA) is 96.6 Å². The Morgan fingerprint density at radius 3 is 2.29 bits per heavy atom. The van der Waals surface area contributed by atoms with Gasteiger partial charge in [0.15, 0.2) is 5.96 Å². The Labute approximate surface area is 187 Å². The molecule has 8 heteroatoms. The van der Waals surface area contributed by atoms with Crippen LogP contribution in [0.15, 0.2) is 34.2 Å². The first-order valence-corrected chi connectivity index (χ1v) is 11.4. The smallest absolute Gasteiger partial charge is 0.238 e. The molecule has 0 bridgehead atoms. The molecule has 0 radical (unpaired) electrons. The van der Waals surface area contributed by atoms with Crippen molar-refractivity contribution in [2.75, 3.05) is 13.1 Å². The first-order chi connectivity index (χ1) is 12.7. The number of nitrogens with two attached hydrogens (primary N) is 1. The van der Waals surface area contributed by atoms with E-state index in [4.69, 9.17) is 5.14 Å². The number of benzene rings is 1. The van der Waals surface area contributed by atoms with Gasteiger partial charge in [-0.15, -0.1) is 24.0 Å². The molecule has 6 nitrogen and oxygen atoms in total. The zero-order valence-corrected chi connectivity index (χ0v) is 20.3. The molecule has 0 spiro atoms. The molecule has 0 amide bonds. The van der Waals surface area contributed by atoms with Crippen molar-refractivity contribution in [3.05, 3.63) is 29.8 Å². The van der Waals surface area contributed by atoms with Crippen molar-refractivity contribution in [1.82, 2.24) is 10.6 Å². The van der Waals surface area contributed by atoms with Gasteiger partial charge in [0.2, 0.25) is 10.0 Å². The Balaban J connectivity index is 0.00000392. The maximum absolute atomic E-state index is 11.3. The highest BCUT2D eigenvalue weighted by molar-refractivity contribution is 14.0. The minimum atomic E-state index is -3.65. The fraction of sp³-hybridized carbons (Fsp3) is 0.650. The lowest BCUT2D eigenvalue weighted by atomic mass is 9.78. The fourth-order valence-corrected chi connectivity index (χ4v) is 4.53. The fourth-order valence-electron chi connectivity index (χ4n) is 4.01. The van der Waals surface area contributed by atoms with Crippen LogP contribution in [-0.2, 0) is 16.6 Å². The summed E-state index contributed by atoms with van der Waals surface area (Å²) in [6.07, 6.45) is 6.45. The summed E-state index contributed by atoms with van der Waals surface area (Å²) < 4.78 is 22.7. The van der Waals surface area contributed by atoms with Crippen LogP contribution in [0.25, 0.3) is 0 Å². The number of hydrogen-bond acceptors (Lipinski definition) is 3. The SMILES string of the molecule is CCNC(=NCc1ccc(S(N)(=O)=O)cc1)NCC1(CC(C)C)CCCC1.I. The summed E-state index contributed by atoms with van der Waals surface area (Å²) in [5.74, 6) is 1.50. The third kappa shape index (κ3) is 7.87. The van der Waals surface area contributed by atoms with E-state index in [1.807, 2.05) is 0 Å². The van der Waals surface area contributed by atoms with Crippen LogP contribution in [0.5, 0.6) is 0 Å². The number of halogens is 1. The summed E-state index contributed by atoms with van der Waals surface area (Å²) in [6.45, 7) is 8.87. The first-order valence-electron chi connectivity index (χ1n) is 9.88. The molecule has 0 atom stereocenters. The van der Waals surface area contributed by atoms with E-state index in [2.05, 4.69) is 36.4 Å². The van der Waals surface area contributed by atoms with Crippen molar-refractivity contribution < 1.29 is 8.42 Å². The largest absolute Gasteiger partial charge is 0.357 e. The summed E-state index contributed by atoms with van der Waals surface area (Å²) in [5, 5.41) is 12.0. The Morgan fingerprint density at radius 1 is 1.18 bits per heavy atom. The van der Waals surface area contributed by atoms with Crippen LogP contribution in [0.2, 0.25) is 0 Å². The average molecular weight is 522 g/mol. The summed E-state index contributed by atoms with van der Waals surface area (Å²) in [4.78, 5) is 4.78. The van der Waals surface area contributed by atoms with Gasteiger partial charge in [0, 0.05) is 13.1 Å². The van der Waals surface area contributed by atoms with Crippen molar-refractivity contribution >= 4 is 40.0 Å². The molecular weight excluding hydrogens is 487 g/mol. The number of hydrogen-bond donors (Lipinski definition) is 3. The molecule has 1 aliphatic carbocycles. The van der Waals surface area contributed by atoms with E-state index in [1.54, 1.807) is 12.1 Å². The number of nitrogens with zero attached hydrogens (tertiary/aromatic N) is 1. The van der Waals surface area contributed by atoms with Gasteiger partial charge in [-0.05, 0) is 55.2 Å². The second-order valence-electron chi connectivity index (χ2n) is 8.04. The normalized spacial score (nSPS) is 16.7. The highest BCUT2D eigenvalue weighted by atomic mass is 127. The van der Waals surface area contributed by atoms with Crippen molar-refractivity contribution in [2.24, 2.45) is 21.5 Å². The van der Waals surface area contributed by atoms with Gasteiger partial charge in [-0.3, -0.25) is 0 Å². The van der Waals surface area contributed by atoms with E-state index in [0.29, 0.717) is 17.9 Å². The van der Waals surface area contributed by atoms with E-state index in [0.717, 1.165) is 24.6 Å². The molecule has 1 saturated carbocycles. The molecule has 1 aromatic carbocycles. The van der Waals surface area contributed by atoms with Crippen LogP contribution in [0.3, 0.4) is 0 Å². The molecule has 28 heavy (non-hydrogen) atoms. The minimum absolute atomic E-state index is 0. The number of sulfonamides is 1. The maximum atomic E-state index is 11.3. The summed E-state index contributed by atoms with van der Waals surface area (Å²) in [5.41, 5.74) is 1.32. The van der Waals surface area contributed by atoms with Gasteiger partial charge >= 0.3 is 0 Å². The van der Waals surface area contributed by atoms with Crippen LogP contribution in [0.1, 0.15) is 58.4 Å². The molecule has 1 aromatic rings. The number of rotatable bonds is 8. The van der Waals surface area contributed by atoms with E-state index < -0.39 is 10.0 Å². The molecule has 0 unspecified atom stereocenters. The van der Waals surface area contributed by atoms with E-state index in [-0.39, 0.29) is 28.9 Å². The highest BCUT2D eigenvalue weighted by Gasteiger charge is 2.34. The van der Waals surface area contributed by atoms with E-state index >= 15 is 0 Å². The van der Waals surface area contributed by atoms with Gasteiger partial charge in [-0.2, -0.15) is 0 Å². The number of nitrogens with one attached hydrogen (secondary N) is 2. The lowest BCUT2D eigenvalue weighted by Crippen LogP contribution is -2.43. The van der Waals surface area contributed by atoms with Gasteiger partial charge in [-0.1, -0.05) is 38.8 Å². The number of primary sulfonamides is 1. The molecule has 1 fully saturated rings. The molecule has 2 rings (SSSR count). The summed E-state index contributed by atoms with van der Waals surface area (Å²) in [7, 11) is -3.65. The maximum Gasteiger partial charge on any atom is 0.238 e. The van der Waals surface area contributed by atoms with Crippen molar-refractivity contribution in [2.45, 2.75) is 64.3 Å². The second-order valence-corrected chi connectivity index (χ2v) is 9.60. The lowest BCUT2D eigenvalue weighted by Gasteiger charge is -2.32. The first kappa shape index (κ1) is 25.2. The predicted molar refractivity (Wildman–Crippen MR) is 126 cm³/mol. The third-order valence-corrected chi connectivity index (χ3v) is 6.08. The van der Waals surface area contributed by atoms with E-state index in [1.165, 1.54) is 44.2 Å². The Bertz CT molecular complexity index is 727. The zero-order valence-electron chi connectivity index (χ0n) is 17.2. The second kappa shape index (κ2) is 11.3. The highest BCUT2D eigenvalue weighted by Crippen LogP contribution is 2.42. The van der Waals surface area contributed by atoms with Gasteiger partial charge < -0.3 is 10.6 Å². The van der Waals surface area contributed by atoms with Gasteiger partial charge in [-0.25, -0.2) is 18.5 Å². The third-order valence-electron chi connectivity index (χ3n) is 5.15. The molecule has 4 N–H and O–H groups in total. The predicted octanol–water partition coefficient (Wildman–Crippen LogP) is 3.61. The van der Waals surface area contributed by atoms with Crippen LogP contribution in [-0.4, -0.2) is 27.5 Å². The quantitative estimate of drug-likeness (QED) is 0.276. The van der Waals surface area contributed by atoms with Crippen LogP contribution in [0, 0.1) is 11.3 Å². The molecule has 0 aromatic heterocycles. The molecule has 0 aliphatic heterocycles. The molecule has 0 heterocycles. The zero-order chi connectivity index (χ0) is 19.9. The Kier molecular flexibility index (Phi) is 10.2. The number of guanidine groups is 1. The van der Waals surface area contributed by atoms with Gasteiger partial charge in [0.25, 0.3) is 0 Å². The molecule has 0 saturated heterocycles. The van der Waals surface area contributed by atoms with Crippen molar-refractivity contribution in [3.63, 3.8) is 0 Å². The summed E-state index contributed by atoms with van der Waals surface area (Å²) in [6, 6.07) is 6.56. The van der Waals surface area contributed by atoms with E-state index in [9.17, 15) is 8.42 Å². The Morgan fingerprint density at radius 2 is 1.79 bits per heavy atom. The molecule has 160 valence electrons. The lowest BCUT2D eigenvalue weighted by molar-refractivity contribution is 0.235. The van der Waals surface area contributed by atoms with Crippen molar-refractivity contribution in [1.29, 1.82) is 0 Å². The van der Waals surface area contributed by atoms with Crippen LogP contribution < -0.4 is 15.8 Å². The average Bonchev–Trinajstić information content (AvgIpc) is 3.05. The monoisotopic (exact) mass is 522 g/mol. The van der Waals surface area contributed by atoms with Crippen LogP contribution >= 0.6 is 24.0 Å².